The van der Waals surface area contributed by atoms with Gasteiger partial charge in [0.25, 0.3) is 0 Å². The SMILES string of the molecule is CCNC(=NCc1noc(C)n1)NCCc1ccc(F)cc1.I. The molecule has 126 valence electrons. The largest absolute Gasteiger partial charge is 0.357 e. The molecule has 0 saturated heterocycles. The van der Waals surface area contributed by atoms with Crippen molar-refractivity contribution in [2.24, 2.45) is 4.99 Å². The second kappa shape index (κ2) is 10.1. The molecule has 0 atom stereocenters. The van der Waals surface area contributed by atoms with E-state index < -0.39 is 0 Å². The predicted molar refractivity (Wildman–Crippen MR) is 97.4 cm³/mol. The van der Waals surface area contributed by atoms with Crippen molar-refractivity contribution in [3.8, 4) is 0 Å². The van der Waals surface area contributed by atoms with Gasteiger partial charge in [-0.3, -0.25) is 0 Å². The molecule has 0 spiro atoms. The van der Waals surface area contributed by atoms with E-state index >= 15 is 0 Å². The van der Waals surface area contributed by atoms with Crippen molar-refractivity contribution in [1.29, 1.82) is 0 Å². The molecule has 2 rings (SSSR count). The molecule has 0 aliphatic heterocycles. The summed E-state index contributed by atoms with van der Waals surface area (Å²) in [6.07, 6.45) is 0.784. The first-order valence-corrected chi connectivity index (χ1v) is 7.23. The van der Waals surface area contributed by atoms with Crippen LogP contribution in [0.15, 0.2) is 33.8 Å². The Kier molecular flexibility index (Phi) is 8.52. The van der Waals surface area contributed by atoms with Gasteiger partial charge in [-0.2, -0.15) is 4.98 Å². The number of aromatic nitrogens is 2. The number of aliphatic imine (C=N–C) groups is 1. The van der Waals surface area contributed by atoms with E-state index in [9.17, 15) is 4.39 Å². The minimum atomic E-state index is -0.220. The molecule has 0 bridgehead atoms. The topological polar surface area (TPSA) is 75.3 Å². The number of halogens is 2. The first-order chi connectivity index (χ1) is 10.7. The monoisotopic (exact) mass is 433 g/mol. The zero-order chi connectivity index (χ0) is 15.8. The lowest BCUT2D eigenvalue weighted by Gasteiger charge is -2.10. The molecule has 0 aliphatic rings. The van der Waals surface area contributed by atoms with Gasteiger partial charge in [0.05, 0.1) is 0 Å². The maximum absolute atomic E-state index is 12.8. The van der Waals surface area contributed by atoms with E-state index in [0.29, 0.717) is 30.8 Å². The maximum Gasteiger partial charge on any atom is 0.223 e. The van der Waals surface area contributed by atoms with E-state index in [1.807, 2.05) is 6.92 Å². The van der Waals surface area contributed by atoms with Crippen LogP contribution in [0.4, 0.5) is 4.39 Å². The second-order valence-corrected chi connectivity index (χ2v) is 4.73. The Labute approximate surface area is 152 Å². The molecule has 1 aromatic carbocycles. The summed E-state index contributed by atoms with van der Waals surface area (Å²) in [5.41, 5.74) is 1.07. The van der Waals surface area contributed by atoms with Gasteiger partial charge in [-0.1, -0.05) is 17.3 Å². The number of hydrogen-bond donors (Lipinski definition) is 2. The first kappa shape index (κ1) is 19.3. The minimum absolute atomic E-state index is 0. The Balaban J connectivity index is 0.00000264. The van der Waals surface area contributed by atoms with E-state index in [1.54, 1.807) is 19.1 Å². The lowest BCUT2D eigenvalue weighted by atomic mass is 10.1. The van der Waals surface area contributed by atoms with E-state index in [4.69, 9.17) is 4.52 Å². The molecule has 1 aromatic heterocycles. The number of nitrogens with one attached hydrogen (secondary N) is 2. The average molecular weight is 433 g/mol. The van der Waals surface area contributed by atoms with Crippen LogP contribution in [0, 0.1) is 12.7 Å². The molecule has 6 nitrogen and oxygen atoms in total. The van der Waals surface area contributed by atoms with Crippen LogP contribution in [0.3, 0.4) is 0 Å². The summed E-state index contributed by atoms with van der Waals surface area (Å²) in [6.45, 7) is 5.54. The third-order valence-electron chi connectivity index (χ3n) is 2.91. The molecule has 2 aromatic rings. The molecule has 0 fully saturated rings. The van der Waals surface area contributed by atoms with Gasteiger partial charge in [0.1, 0.15) is 12.4 Å². The van der Waals surface area contributed by atoms with Gasteiger partial charge in [-0.15, -0.1) is 24.0 Å². The molecule has 1 heterocycles. The van der Waals surface area contributed by atoms with Gasteiger partial charge < -0.3 is 15.2 Å². The van der Waals surface area contributed by atoms with E-state index in [1.165, 1.54) is 12.1 Å². The Morgan fingerprint density at radius 1 is 1.26 bits per heavy atom. The molecule has 0 amide bonds. The average Bonchev–Trinajstić information content (AvgIpc) is 2.92. The van der Waals surface area contributed by atoms with Crippen LogP contribution in [0.5, 0.6) is 0 Å². The molecule has 2 N–H and O–H groups in total. The molecule has 0 aliphatic carbocycles. The Morgan fingerprint density at radius 3 is 2.61 bits per heavy atom. The molecule has 0 saturated carbocycles. The van der Waals surface area contributed by atoms with Gasteiger partial charge in [0.2, 0.25) is 5.89 Å². The van der Waals surface area contributed by atoms with E-state index in [2.05, 4.69) is 25.8 Å². The number of nitrogens with zero attached hydrogens (tertiary/aromatic N) is 3. The van der Waals surface area contributed by atoms with Crippen LogP contribution in [-0.4, -0.2) is 29.2 Å². The fraction of sp³-hybridized carbons (Fsp3) is 0.400. The third kappa shape index (κ3) is 6.93. The van der Waals surface area contributed by atoms with Crippen LogP contribution in [-0.2, 0) is 13.0 Å². The highest BCUT2D eigenvalue weighted by atomic mass is 127. The van der Waals surface area contributed by atoms with Crippen LogP contribution in [0.2, 0.25) is 0 Å². The minimum Gasteiger partial charge on any atom is -0.357 e. The summed E-state index contributed by atoms with van der Waals surface area (Å²) in [6, 6.07) is 6.49. The van der Waals surface area contributed by atoms with Crippen molar-refractivity contribution in [2.45, 2.75) is 26.8 Å². The smallest absolute Gasteiger partial charge is 0.223 e. The van der Waals surface area contributed by atoms with Crippen molar-refractivity contribution in [2.75, 3.05) is 13.1 Å². The second-order valence-electron chi connectivity index (χ2n) is 4.73. The highest BCUT2D eigenvalue weighted by Crippen LogP contribution is 2.02. The molecular formula is C15H21FIN5O. The number of rotatable bonds is 6. The van der Waals surface area contributed by atoms with Gasteiger partial charge in [-0.05, 0) is 31.0 Å². The van der Waals surface area contributed by atoms with Gasteiger partial charge >= 0.3 is 0 Å². The van der Waals surface area contributed by atoms with Crippen molar-refractivity contribution >= 4 is 29.9 Å². The van der Waals surface area contributed by atoms with Gasteiger partial charge in [0, 0.05) is 20.0 Å². The van der Waals surface area contributed by atoms with Crippen molar-refractivity contribution in [3.63, 3.8) is 0 Å². The summed E-state index contributed by atoms with van der Waals surface area (Å²) in [7, 11) is 0. The maximum atomic E-state index is 12.8. The van der Waals surface area contributed by atoms with Crippen molar-refractivity contribution in [3.05, 3.63) is 47.4 Å². The molecule has 23 heavy (non-hydrogen) atoms. The summed E-state index contributed by atoms with van der Waals surface area (Å²) < 4.78 is 17.7. The van der Waals surface area contributed by atoms with Gasteiger partial charge in [-0.25, -0.2) is 9.38 Å². The predicted octanol–water partition coefficient (Wildman–Crippen LogP) is 2.43. The molecule has 0 radical (unpaired) electrons. The number of hydrogen-bond acceptors (Lipinski definition) is 4. The van der Waals surface area contributed by atoms with E-state index in [0.717, 1.165) is 18.5 Å². The van der Waals surface area contributed by atoms with Crippen LogP contribution < -0.4 is 10.6 Å². The Hall–Kier alpha value is -1.71. The summed E-state index contributed by atoms with van der Waals surface area (Å²) >= 11 is 0. The number of benzene rings is 1. The number of guanidine groups is 1. The lowest BCUT2D eigenvalue weighted by Crippen LogP contribution is -2.38. The highest BCUT2D eigenvalue weighted by Gasteiger charge is 2.02. The highest BCUT2D eigenvalue weighted by molar-refractivity contribution is 14.0. The fourth-order valence-electron chi connectivity index (χ4n) is 1.87. The van der Waals surface area contributed by atoms with Gasteiger partial charge in [0.15, 0.2) is 11.8 Å². The van der Waals surface area contributed by atoms with Crippen LogP contribution in [0.1, 0.15) is 24.2 Å². The molecule has 8 heteroatoms. The molecular weight excluding hydrogens is 412 g/mol. The van der Waals surface area contributed by atoms with Crippen molar-refractivity contribution < 1.29 is 8.91 Å². The normalized spacial score (nSPS) is 11.0. The zero-order valence-corrected chi connectivity index (χ0v) is 15.5. The fourth-order valence-corrected chi connectivity index (χ4v) is 1.87. The van der Waals surface area contributed by atoms with Crippen molar-refractivity contribution in [1.82, 2.24) is 20.8 Å². The Bertz CT molecular complexity index is 615. The quantitative estimate of drug-likeness (QED) is 0.416. The molecule has 0 unspecified atom stereocenters. The first-order valence-electron chi connectivity index (χ1n) is 7.23. The van der Waals surface area contributed by atoms with Crippen LogP contribution >= 0.6 is 24.0 Å². The lowest BCUT2D eigenvalue weighted by molar-refractivity contribution is 0.387. The Morgan fingerprint density at radius 2 is 2.00 bits per heavy atom. The zero-order valence-electron chi connectivity index (χ0n) is 13.2. The summed E-state index contributed by atoms with van der Waals surface area (Å²) in [5, 5.41) is 10.2. The summed E-state index contributed by atoms with van der Waals surface area (Å²) in [5.74, 6) is 1.54. The van der Waals surface area contributed by atoms with E-state index in [-0.39, 0.29) is 29.8 Å². The van der Waals surface area contributed by atoms with Crippen LogP contribution in [0.25, 0.3) is 0 Å². The summed E-state index contributed by atoms with van der Waals surface area (Å²) in [4.78, 5) is 8.49. The third-order valence-corrected chi connectivity index (χ3v) is 2.91. The standard InChI is InChI=1S/C15H20FN5O.HI/c1-3-17-15(19-10-14-20-11(2)22-21-14)18-9-8-12-4-6-13(16)7-5-12;/h4-7H,3,8-10H2,1-2H3,(H2,17,18,19);1H. The number of aryl methyl sites for hydroxylation is 1.